The van der Waals surface area contributed by atoms with Crippen molar-refractivity contribution in [2.24, 2.45) is 40.4 Å². The van der Waals surface area contributed by atoms with E-state index in [1.807, 2.05) is 0 Å². The number of aliphatic hydroxyl groups is 2. The Morgan fingerprint density at radius 1 is 1.12 bits per heavy atom. The van der Waals surface area contributed by atoms with Gasteiger partial charge < -0.3 is 10.2 Å². The van der Waals surface area contributed by atoms with Crippen molar-refractivity contribution < 1.29 is 19.8 Å². The van der Waals surface area contributed by atoms with Gasteiger partial charge in [-0.2, -0.15) is 0 Å². The van der Waals surface area contributed by atoms with Crippen LogP contribution in [0.3, 0.4) is 0 Å². The van der Waals surface area contributed by atoms with Crippen molar-refractivity contribution in [1.29, 1.82) is 0 Å². The molecule has 4 rings (SSSR count). The molecular weight excluding hydrogens is 316 g/mol. The van der Waals surface area contributed by atoms with Crippen LogP contribution in [0.15, 0.2) is 0 Å². The van der Waals surface area contributed by atoms with Crippen molar-refractivity contribution in [1.82, 2.24) is 0 Å². The molecule has 4 fully saturated rings. The van der Waals surface area contributed by atoms with Gasteiger partial charge in [-0.15, -0.1) is 0 Å². The molecule has 0 amide bonds. The number of aliphatic hydroxyl groups excluding tert-OH is 2. The summed E-state index contributed by atoms with van der Waals surface area (Å²) in [6.45, 7) is 4.04. The predicted octanol–water partition coefficient (Wildman–Crippen LogP) is 2.75. The molecule has 0 spiro atoms. The lowest BCUT2D eigenvalue weighted by Crippen LogP contribution is -2.58. The number of hydrogen-bond donors (Lipinski definition) is 2. The summed E-state index contributed by atoms with van der Waals surface area (Å²) in [5.41, 5.74) is -0.227. The Morgan fingerprint density at radius 2 is 1.88 bits per heavy atom. The molecule has 8 atom stereocenters. The number of rotatable bonds is 2. The molecule has 0 aromatic heterocycles. The van der Waals surface area contributed by atoms with Gasteiger partial charge in [0.25, 0.3) is 0 Å². The highest BCUT2D eigenvalue weighted by Gasteiger charge is 2.63. The summed E-state index contributed by atoms with van der Waals surface area (Å²) in [5.74, 6) is 1.52. The summed E-state index contributed by atoms with van der Waals surface area (Å²) in [7, 11) is 0. The van der Waals surface area contributed by atoms with Gasteiger partial charge in [-0.05, 0) is 73.5 Å². The van der Waals surface area contributed by atoms with E-state index in [4.69, 9.17) is 0 Å². The fourth-order valence-corrected chi connectivity index (χ4v) is 7.69. The highest BCUT2D eigenvalue weighted by molar-refractivity contribution is 5.88. The van der Waals surface area contributed by atoms with E-state index in [0.717, 1.165) is 44.9 Å². The molecule has 2 N–H and O–H groups in total. The Hall–Kier alpha value is -0.740. The summed E-state index contributed by atoms with van der Waals surface area (Å²) in [4.78, 5) is 25.6. The summed E-state index contributed by atoms with van der Waals surface area (Å²) >= 11 is 0. The van der Waals surface area contributed by atoms with Crippen LogP contribution < -0.4 is 0 Å². The van der Waals surface area contributed by atoms with E-state index < -0.39 is 6.61 Å². The van der Waals surface area contributed by atoms with Crippen LogP contribution in [0.1, 0.15) is 65.2 Å². The molecule has 4 unspecified atom stereocenters. The van der Waals surface area contributed by atoms with Gasteiger partial charge in [0.15, 0.2) is 5.78 Å². The third-order valence-corrected chi connectivity index (χ3v) is 8.87. The van der Waals surface area contributed by atoms with E-state index in [9.17, 15) is 19.8 Å². The molecule has 4 heteroatoms. The van der Waals surface area contributed by atoms with Crippen molar-refractivity contribution >= 4 is 11.6 Å². The van der Waals surface area contributed by atoms with E-state index in [-0.39, 0.29) is 34.6 Å². The standard InChI is InChI=1S/C21H32O4/c1-20-8-7-13(23)9-12(20)3-4-14-15-5-6-16(18(25)11-22)21(15,2)10-17(24)19(14)20/h12-16,19,22-23H,3-11H2,1-2H3/t12-,13+,14?,15-,16?,19+,20?,21?/m1/s1. The highest BCUT2D eigenvalue weighted by atomic mass is 16.3. The molecule has 25 heavy (non-hydrogen) atoms. The first kappa shape index (κ1) is 17.7. The maximum absolute atomic E-state index is 13.3. The molecule has 0 saturated heterocycles. The van der Waals surface area contributed by atoms with Gasteiger partial charge >= 0.3 is 0 Å². The maximum Gasteiger partial charge on any atom is 0.161 e. The summed E-state index contributed by atoms with van der Waals surface area (Å²) in [6, 6.07) is 0. The van der Waals surface area contributed by atoms with Crippen molar-refractivity contribution in [3.63, 3.8) is 0 Å². The van der Waals surface area contributed by atoms with E-state index in [1.165, 1.54) is 0 Å². The molecule has 0 aliphatic heterocycles. The molecule has 4 aliphatic carbocycles. The van der Waals surface area contributed by atoms with Crippen molar-refractivity contribution in [3.8, 4) is 0 Å². The third-order valence-electron chi connectivity index (χ3n) is 8.87. The van der Waals surface area contributed by atoms with Crippen LogP contribution in [0.5, 0.6) is 0 Å². The van der Waals surface area contributed by atoms with Crippen LogP contribution in [0.4, 0.5) is 0 Å². The lowest BCUT2D eigenvalue weighted by Gasteiger charge is -2.59. The Morgan fingerprint density at radius 3 is 2.60 bits per heavy atom. The second-order valence-corrected chi connectivity index (χ2v) is 9.86. The van der Waals surface area contributed by atoms with Gasteiger partial charge in [-0.1, -0.05) is 13.8 Å². The summed E-state index contributed by atoms with van der Waals surface area (Å²) < 4.78 is 0. The average molecular weight is 348 g/mol. The predicted molar refractivity (Wildman–Crippen MR) is 93.7 cm³/mol. The fourth-order valence-electron chi connectivity index (χ4n) is 7.69. The monoisotopic (exact) mass is 348 g/mol. The van der Waals surface area contributed by atoms with Gasteiger partial charge in [0.2, 0.25) is 0 Å². The van der Waals surface area contributed by atoms with E-state index in [0.29, 0.717) is 30.0 Å². The Balaban J connectivity index is 1.66. The highest BCUT2D eigenvalue weighted by Crippen LogP contribution is 2.66. The number of Topliss-reactive ketones (excluding diaryl/α,β-unsaturated/α-hetero) is 2. The van der Waals surface area contributed by atoms with Gasteiger partial charge in [0, 0.05) is 18.3 Å². The Labute approximate surface area is 150 Å². The first-order valence-corrected chi connectivity index (χ1v) is 10.2. The minimum atomic E-state index is -0.396. The number of carbonyl (C=O) groups is 2. The minimum absolute atomic E-state index is 0.0274. The van der Waals surface area contributed by atoms with Crippen LogP contribution >= 0.6 is 0 Å². The molecule has 0 bridgehead atoms. The van der Waals surface area contributed by atoms with Gasteiger partial charge in [-0.3, -0.25) is 9.59 Å². The molecule has 0 aromatic carbocycles. The van der Waals surface area contributed by atoms with Gasteiger partial charge in [0.05, 0.1) is 6.10 Å². The molecule has 0 heterocycles. The van der Waals surface area contributed by atoms with Crippen LogP contribution in [0.25, 0.3) is 0 Å². The topological polar surface area (TPSA) is 74.6 Å². The van der Waals surface area contributed by atoms with Crippen molar-refractivity contribution in [2.45, 2.75) is 71.3 Å². The molecule has 0 radical (unpaired) electrons. The van der Waals surface area contributed by atoms with E-state index in [2.05, 4.69) is 13.8 Å². The fraction of sp³-hybridized carbons (Fsp3) is 0.905. The van der Waals surface area contributed by atoms with Gasteiger partial charge in [0.1, 0.15) is 12.4 Å². The second-order valence-electron chi connectivity index (χ2n) is 9.86. The molecular formula is C21H32O4. The molecule has 140 valence electrons. The normalized spacial score (nSPS) is 52.2. The summed E-state index contributed by atoms with van der Waals surface area (Å²) in [6.07, 6.45) is 6.93. The Bertz CT molecular complexity index is 586. The lowest BCUT2D eigenvalue weighted by molar-refractivity contribution is -0.162. The first-order chi connectivity index (χ1) is 11.8. The Kier molecular flexibility index (Phi) is 4.16. The quantitative estimate of drug-likeness (QED) is 0.805. The second kappa shape index (κ2) is 5.88. The zero-order chi connectivity index (χ0) is 18.0. The van der Waals surface area contributed by atoms with Crippen LogP contribution in [-0.4, -0.2) is 34.5 Å². The van der Waals surface area contributed by atoms with Crippen LogP contribution in [0, 0.1) is 40.4 Å². The molecule has 0 aromatic rings. The number of ketones is 2. The average Bonchev–Trinajstić information content (AvgIpc) is 2.91. The third kappa shape index (κ3) is 2.39. The largest absolute Gasteiger partial charge is 0.393 e. The van der Waals surface area contributed by atoms with Crippen LogP contribution in [-0.2, 0) is 9.59 Å². The van der Waals surface area contributed by atoms with Crippen molar-refractivity contribution in [2.75, 3.05) is 6.61 Å². The first-order valence-electron chi connectivity index (χ1n) is 10.2. The molecule has 4 saturated carbocycles. The smallest absolute Gasteiger partial charge is 0.161 e. The summed E-state index contributed by atoms with van der Waals surface area (Å²) in [5, 5.41) is 19.5. The van der Waals surface area contributed by atoms with E-state index >= 15 is 0 Å². The zero-order valence-electron chi connectivity index (χ0n) is 15.5. The molecule has 4 nitrogen and oxygen atoms in total. The molecule has 4 aliphatic rings. The number of hydrogen-bond acceptors (Lipinski definition) is 4. The number of fused-ring (bicyclic) bond motifs is 5. The lowest BCUT2D eigenvalue weighted by atomic mass is 9.44. The van der Waals surface area contributed by atoms with Gasteiger partial charge in [-0.25, -0.2) is 0 Å². The van der Waals surface area contributed by atoms with Crippen LogP contribution in [0.2, 0.25) is 0 Å². The SMILES string of the molecule is CC12CC(=O)[C@@H]3C(CC[C@@H]4C[C@@H](O)CCC43C)[C@H]1CCC2C(=O)CO. The van der Waals surface area contributed by atoms with Crippen molar-refractivity contribution in [3.05, 3.63) is 0 Å². The van der Waals surface area contributed by atoms with E-state index in [1.54, 1.807) is 0 Å². The zero-order valence-corrected chi connectivity index (χ0v) is 15.5. The minimum Gasteiger partial charge on any atom is -0.393 e. The maximum atomic E-state index is 13.3. The number of carbonyl (C=O) groups excluding carboxylic acids is 2.